The summed E-state index contributed by atoms with van der Waals surface area (Å²) in [4.78, 5) is 19.8. The molecule has 1 aromatic heterocycles. The lowest BCUT2D eigenvalue weighted by Gasteiger charge is -2.38. The quantitative estimate of drug-likeness (QED) is 0.232. The number of carbonyl (C=O) groups excluding carboxylic acids is 1. The minimum atomic E-state index is -0.240. The Bertz CT molecular complexity index is 1450. The molecular weight excluding hydrogens is 516 g/mol. The van der Waals surface area contributed by atoms with Crippen molar-refractivity contribution in [2.24, 2.45) is 5.92 Å². The number of benzene rings is 3. The maximum absolute atomic E-state index is 13.7. The zero-order valence-corrected chi connectivity index (χ0v) is 23.6. The fourth-order valence-corrected chi connectivity index (χ4v) is 6.22. The van der Waals surface area contributed by atoms with Crippen LogP contribution in [0, 0.1) is 5.92 Å². The minimum absolute atomic E-state index is 0.0879. The van der Waals surface area contributed by atoms with E-state index in [1.807, 2.05) is 78.0 Å². The van der Waals surface area contributed by atoms with Crippen molar-refractivity contribution in [3.05, 3.63) is 119 Å². The van der Waals surface area contributed by atoms with E-state index in [0.717, 1.165) is 46.2 Å². The van der Waals surface area contributed by atoms with E-state index in [1.54, 1.807) is 0 Å². The molecule has 1 aliphatic carbocycles. The number of rotatable bonds is 8. The molecule has 4 aromatic rings. The molecule has 0 radical (unpaired) electrons. The van der Waals surface area contributed by atoms with Gasteiger partial charge in [-0.3, -0.25) is 9.78 Å². The molecule has 6 rings (SSSR count). The fraction of sp³-hybridized carbons (Fsp3) is 0.294. The average Bonchev–Trinajstić information content (AvgIpc) is 3.51. The van der Waals surface area contributed by atoms with Crippen molar-refractivity contribution in [1.29, 1.82) is 0 Å². The molecule has 2 N–H and O–H groups in total. The third-order valence-electron chi connectivity index (χ3n) is 8.30. The Morgan fingerprint density at radius 1 is 0.925 bits per heavy atom. The number of carbonyl (C=O) groups is 1. The minimum Gasteiger partial charge on any atom is -0.385 e. The SMILES string of the molecule is CC(Nc1ccc(N2C(=O)Cc3ccc(NCC4CCCC4)cc3C2c2ccc(Cl)cc2)cc1)c1ccncc1. The van der Waals surface area contributed by atoms with Crippen molar-refractivity contribution in [2.45, 2.75) is 51.1 Å². The summed E-state index contributed by atoms with van der Waals surface area (Å²) < 4.78 is 0. The molecule has 1 saturated carbocycles. The number of hydrogen-bond acceptors (Lipinski definition) is 4. The largest absolute Gasteiger partial charge is 0.385 e. The third kappa shape index (κ3) is 5.71. The fourth-order valence-electron chi connectivity index (χ4n) is 6.10. The monoisotopic (exact) mass is 550 g/mol. The highest BCUT2D eigenvalue weighted by Gasteiger charge is 2.35. The maximum Gasteiger partial charge on any atom is 0.232 e. The summed E-state index contributed by atoms with van der Waals surface area (Å²) in [6.45, 7) is 3.13. The summed E-state index contributed by atoms with van der Waals surface area (Å²) in [6, 6.07) is 26.5. The van der Waals surface area contributed by atoms with Gasteiger partial charge in [-0.2, -0.15) is 0 Å². The molecule has 1 aliphatic heterocycles. The predicted octanol–water partition coefficient (Wildman–Crippen LogP) is 8.19. The Balaban J connectivity index is 1.31. The van der Waals surface area contributed by atoms with E-state index in [9.17, 15) is 4.79 Å². The van der Waals surface area contributed by atoms with Gasteiger partial charge in [0, 0.05) is 47.1 Å². The van der Waals surface area contributed by atoms with Gasteiger partial charge in [-0.1, -0.05) is 42.6 Å². The van der Waals surface area contributed by atoms with Crippen LogP contribution in [0.1, 0.15) is 66.9 Å². The van der Waals surface area contributed by atoms with Gasteiger partial charge < -0.3 is 15.5 Å². The van der Waals surface area contributed by atoms with Crippen molar-refractivity contribution in [1.82, 2.24) is 4.98 Å². The van der Waals surface area contributed by atoms with Crippen LogP contribution in [-0.2, 0) is 11.2 Å². The van der Waals surface area contributed by atoms with Crippen LogP contribution in [0.2, 0.25) is 5.02 Å². The molecule has 5 nitrogen and oxygen atoms in total. The van der Waals surface area contributed by atoms with Crippen LogP contribution in [0.15, 0.2) is 91.3 Å². The van der Waals surface area contributed by atoms with Crippen LogP contribution in [0.3, 0.4) is 0 Å². The van der Waals surface area contributed by atoms with Crippen molar-refractivity contribution < 1.29 is 4.79 Å². The van der Waals surface area contributed by atoms with Crippen LogP contribution in [0.4, 0.5) is 17.1 Å². The second-order valence-corrected chi connectivity index (χ2v) is 11.5. The molecule has 2 unspecified atom stereocenters. The molecule has 1 fully saturated rings. The van der Waals surface area contributed by atoms with Gasteiger partial charge in [-0.25, -0.2) is 0 Å². The Morgan fingerprint density at radius 2 is 1.62 bits per heavy atom. The molecule has 3 aromatic carbocycles. The summed E-state index contributed by atoms with van der Waals surface area (Å²) in [5.41, 5.74) is 7.44. The average molecular weight is 551 g/mol. The first-order valence-corrected chi connectivity index (χ1v) is 14.6. The number of fused-ring (bicyclic) bond motifs is 1. The van der Waals surface area contributed by atoms with Crippen LogP contribution in [0.25, 0.3) is 0 Å². The highest BCUT2D eigenvalue weighted by Crippen LogP contribution is 2.41. The van der Waals surface area contributed by atoms with E-state index in [0.29, 0.717) is 11.4 Å². The number of nitrogens with zero attached hydrogens (tertiary/aromatic N) is 2. The number of hydrogen-bond donors (Lipinski definition) is 2. The maximum atomic E-state index is 13.7. The number of aromatic nitrogens is 1. The number of anilines is 3. The molecule has 2 aliphatic rings. The standard InChI is InChI=1S/C34H35ClN4O/c1-23(25-16-18-36-19-17-25)38-29-12-14-31(15-13-29)39-33(40)20-27-8-11-30(37-22-24-4-2-3-5-24)21-32(27)34(39)26-6-9-28(35)10-7-26/h6-19,21,23-24,34,37-38H,2-5,20,22H2,1H3. The molecular formula is C34H35ClN4O. The lowest BCUT2D eigenvalue weighted by Crippen LogP contribution is -2.41. The van der Waals surface area contributed by atoms with E-state index in [4.69, 9.17) is 11.6 Å². The van der Waals surface area contributed by atoms with E-state index >= 15 is 0 Å². The van der Waals surface area contributed by atoms with Crippen molar-refractivity contribution in [3.8, 4) is 0 Å². The van der Waals surface area contributed by atoms with Crippen LogP contribution in [-0.4, -0.2) is 17.4 Å². The van der Waals surface area contributed by atoms with Gasteiger partial charge >= 0.3 is 0 Å². The Labute approximate surface area is 241 Å². The normalized spacial score (nSPS) is 17.9. The first-order valence-electron chi connectivity index (χ1n) is 14.3. The molecule has 204 valence electrons. The van der Waals surface area contributed by atoms with Crippen molar-refractivity contribution in [2.75, 3.05) is 22.1 Å². The highest BCUT2D eigenvalue weighted by molar-refractivity contribution is 6.30. The number of amides is 1. The van der Waals surface area contributed by atoms with Crippen LogP contribution in [0.5, 0.6) is 0 Å². The van der Waals surface area contributed by atoms with E-state index < -0.39 is 0 Å². The van der Waals surface area contributed by atoms with Gasteiger partial charge in [0.1, 0.15) is 0 Å². The van der Waals surface area contributed by atoms with Gasteiger partial charge in [-0.05, 0) is 109 Å². The second kappa shape index (κ2) is 11.7. The molecule has 40 heavy (non-hydrogen) atoms. The third-order valence-corrected chi connectivity index (χ3v) is 8.55. The van der Waals surface area contributed by atoms with Crippen molar-refractivity contribution in [3.63, 3.8) is 0 Å². The smallest absolute Gasteiger partial charge is 0.232 e. The Hall–Kier alpha value is -3.83. The van der Waals surface area contributed by atoms with Gasteiger partial charge in [0.25, 0.3) is 0 Å². The molecule has 0 bridgehead atoms. The molecule has 2 heterocycles. The number of nitrogens with one attached hydrogen (secondary N) is 2. The molecule has 0 spiro atoms. The zero-order valence-electron chi connectivity index (χ0n) is 22.8. The lowest BCUT2D eigenvalue weighted by molar-refractivity contribution is -0.118. The van der Waals surface area contributed by atoms with Crippen molar-refractivity contribution >= 4 is 34.6 Å². The summed E-state index contributed by atoms with van der Waals surface area (Å²) in [7, 11) is 0. The van der Waals surface area contributed by atoms with Gasteiger partial charge in [0.05, 0.1) is 12.5 Å². The number of halogens is 1. The van der Waals surface area contributed by atoms with E-state index in [2.05, 4.69) is 40.7 Å². The lowest BCUT2D eigenvalue weighted by atomic mass is 9.87. The summed E-state index contributed by atoms with van der Waals surface area (Å²) >= 11 is 6.26. The van der Waals surface area contributed by atoms with Crippen LogP contribution < -0.4 is 15.5 Å². The molecule has 2 atom stereocenters. The summed E-state index contributed by atoms with van der Waals surface area (Å²) in [5.74, 6) is 0.833. The molecule has 0 saturated heterocycles. The first kappa shape index (κ1) is 26.4. The summed E-state index contributed by atoms with van der Waals surface area (Å²) in [6.07, 6.45) is 9.28. The van der Waals surface area contributed by atoms with Gasteiger partial charge in [0.15, 0.2) is 0 Å². The highest BCUT2D eigenvalue weighted by atomic mass is 35.5. The predicted molar refractivity (Wildman–Crippen MR) is 164 cm³/mol. The molecule has 6 heteroatoms. The van der Waals surface area contributed by atoms with E-state index in [-0.39, 0.29) is 18.0 Å². The number of pyridine rings is 1. The first-order chi connectivity index (χ1) is 19.5. The zero-order chi connectivity index (χ0) is 27.5. The van der Waals surface area contributed by atoms with Crippen LogP contribution >= 0.6 is 11.6 Å². The topological polar surface area (TPSA) is 57.3 Å². The molecule has 1 amide bonds. The van der Waals surface area contributed by atoms with Gasteiger partial charge in [0.2, 0.25) is 5.91 Å². The van der Waals surface area contributed by atoms with E-state index in [1.165, 1.54) is 31.2 Å². The Kier molecular flexibility index (Phi) is 7.74. The Morgan fingerprint density at radius 3 is 2.35 bits per heavy atom. The van der Waals surface area contributed by atoms with Gasteiger partial charge in [-0.15, -0.1) is 0 Å². The second-order valence-electron chi connectivity index (χ2n) is 11.0. The summed E-state index contributed by atoms with van der Waals surface area (Å²) in [5, 5.41) is 7.92.